The van der Waals surface area contributed by atoms with E-state index in [4.69, 9.17) is 0 Å². The second kappa shape index (κ2) is 6.27. The summed E-state index contributed by atoms with van der Waals surface area (Å²) in [7, 11) is -3.08. The van der Waals surface area contributed by atoms with Crippen molar-refractivity contribution in [3.8, 4) is 5.69 Å². The molecule has 1 N–H and O–H groups in total. The molecule has 128 valence electrons. The number of para-hydroxylation sites is 1. The minimum Gasteiger partial charge on any atom is -0.334 e. The summed E-state index contributed by atoms with van der Waals surface area (Å²) < 4.78 is 24.6. The molecule has 0 unspecified atom stereocenters. The van der Waals surface area contributed by atoms with Crippen molar-refractivity contribution in [3.63, 3.8) is 0 Å². The number of carbonyl (C=O) groups excluding carboxylic acids is 1. The first-order valence-electron chi connectivity index (χ1n) is 7.80. The third-order valence-corrected chi connectivity index (χ3v) is 5.97. The van der Waals surface area contributed by atoms with E-state index in [-0.39, 0.29) is 34.7 Å². The van der Waals surface area contributed by atoms with E-state index < -0.39 is 9.84 Å². The number of rotatable bonds is 4. The fraction of sp³-hybridized carbons (Fsp3) is 0.375. The Labute approximate surface area is 139 Å². The normalized spacial score (nSPS) is 19.3. The van der Waals surface area contributed by atoms with Gasteiger partial charge in [0.25, 0.3) is 11.5 Å². The van der Waals surface area contributed by atoms with Crippen LogP contribution in [0, 0.1) is 0 Å². The van der Waals surface area contributed by atoms with E-state index in [9.17, 15) is 18.0 Å². The fourth-order valence-corrected chi connectivity index (χ4v) is 4.75. The summed E-state index contributed by atoms with van der Waals surface area (Å²) in [4.78, 5) is 26.4. The van der Waals surface area contributed by atoms with E-state index in [2.05, 4.69) is 5.10 Å². The molecule has 1 fully saturated rings. The van der Waals surface area contributed by atoms with Crippen LogP contribution in [0.5, 0.6) is 0 Å². The molecule has 3 rings (SSSR count). The van der Waals surface area contributed by atoms with Crippen LogP contribution in [-0.2, 0) is 9.84 Å². The molecule has 0 bridgehead atoms. The highest BCUT2D eigenvalue weighted by molar-refractivity contribution is 7.91. The average molecular weight is 349 g/mol. The smallest absolute Gasteiger partial charge is 0.272 e. The Bertz CT molecular complexity index is 899. The van der Waals surface area contributed by atoms with Crippen LogP contribution in [0.15, 0.2) is 41.2 Å². The maximum absolute atomic E-state index is 12.7. The predicted octanol–water partition coefficient (Wildman–Crippen LogP) is 0.815. The minimum absolute atomic E-state index is 0.0177. The molecular formula is C16H19N3O4S. The average Bonchev–Trinajstić information content (AvgIpc) is 3.11. The number of benzene rings is 1. The van der Waals surface area contributed by atoms with Gasteiger partial charge in [0, 0.05) is 18.7 Å². The van der Waals surface area contributed by atoms with Crippen LogP contribution in [0.3, 0.4) is 0 Å². The van der Waals surface area contributed by atoms with Crippen molar-refractivity contribution < 1.29 is 13.2 Å². The van der Waals surface area contributed by atoms with Gasteiger partial charge in [-0.2, -0.15) is 0 Å². The molecule has 0 aliphatic carbocycles. The van der Waals surface area contributed by atoms with Crippen LogP contribution >= 0.6 is 0 Å². The maximum Gasteiger partial charge on any atom is 0.272 e. The van der Waals surface area contributed by atoms with E-state index in [1.165, 1.54) is 15.6 Å². The molecule has 0 spiro atoms. The lowest BCUT2D eigenvalue weighted by Gasteiger charge is -2.26. The number of hydrogen-bond acceptors (Lipinski definition) is 4. The molecule has 1 aliphatic rings. The largest absolute Gasteiger partial charge is 0.334 e. The van der Waals surface area contributed by atoms with Crippen molar-refractivity contribution in [2.24, 2.45) is 0 Å². The van der Waals surface area contributed by atoms with Crippen LogP contribution in [0.1, 0.15) is 23.8 Å². The first-order valence-corrected chi connectivity index (χ1v) is 9.62. The van der Waals surface area contributed by atoms with Gasteiger partial charge < -0.3 is 4.90 Å². The van der Waals surface area contributed by atoms with Crippen molar-refractivity contribution in [1.82, 2.24) is 14.7 Å². The van der Waals surface area contributed by atoms with Crippen molar-refractivity contribution in [1.29, 1.82) is 0 Å². The second-order valence-corrected chi connectivity index (χ2v) is 8.06. The summed E-state index contributed by atoms with van der Waals surface area (Å²) >= 11 is 0. The SMILES string of the molecule is CCN(C(=O)c1cc(=O)n(-c2ccccc2)[nH]1)[C@H]1CCS(=O)(=O)C1. The molecule has 1 atom stereocenters. The Morgan fingerprint density at radius 1 is 1.33 bits per heavy atom. The summed E-state index contributed by atoms with van der Waals surface area (Å²) in [6.07, 6.45) is 0.436. The molecule has 1 amide bonds. The highest BCUT2D eigenvalue weighted by Gasteiger charge is 2.34. The Kier molecular flexibility index (Phi) is 4.31. The van der Waals surface area contributed by atoms with E-state index in [0.29, 0.717) is 18.7 Å². The summed E-state index contributed by atoms with van der Waals surface area (Å²) in [5.74, 6) is -0.273. The summed E-state index contributed by atoms with van der Waals surface area (Å²) in [5.41, 5.74) is 0.461. The minimum atomic E-state index is -3.08. The Morgan fingerprint density at radius 2 is 2.04 bits per heavy atom. The standard InChI is InChI=1S/C16H19N3O4S/c1-2-18(13-8-9-24(22,23)11-13)16(21)14-10-15(20)19(17-14)12-6-4-3-5-7-12/h3-7,10,13,17H,2,8-9,11H2,1H3/t13-/m0/s1. The zero-order chi connectivity index (χ0) is 17.3. The fourth-order valence-electron chi connectivity index (χ4n) is 3.02. The Morgan fingerprint density at radius 3 is 2.62 bits per heavy atom. The lowest BCUT2D eigenvalue weighted by atomic mass is 10.2. The molecule has 1 aliphatic heterocycles. The number of H-pyrrole nitrogens is 1. The third-order valence-electron chi connectivity index (χ3n) is 4.22. The molecule has 8 heteroatoms. The van der Waals surface area contributed by atoms with Crippen molar-refractivity contribution in [2.45, 2.75) is 19.4 Å². The molecule has 24 heavy (non-hydrogen) atoms. The third kappa shape index (κ3) is 3.14. The van der Waals surface area contributed by atoms with Crippen LogP contribution in [0.2, 0.25) is 0 Å². The van der Waals surface area contributed by atoms with Gasteiger partial charge in [-0.25, -0.2) is 13.1 Å². The lowest BCUT2D eigenvalue weighted by molar-refractivity contribution is 0.0702. The van der Waals surface area contributed by atoms with Crippen LogP contribution < -0.4 is 5.56 Å². The highest BCUT2D eigenvalue weighted by atomic mass is 32.2. The van der Waals surface area contributed by atoms with Gasteiger partial charge in [0.2, 0.25) is 0 Å². The zero-order valence-electron chi connectivity index (χ0n) is 13.3. The first-order chi connectivity index (χ1) is 11.4. The molecule has 1 saturated heterocycles. The number of amides is 1. The van der Waals surface area contributed by atoms with E-state index in [0.717, 1.165) is 0 Å². The molecule has 0 saturated carbocycles. The molecule has 0 radical (unpaired) electrons. The molecule has 1 aromatic heterocycles. The number of hydrogen-bond donors (Lipinski definition) is 1. The number of nitrogens with zero attached hydrogens (tertiary/aromatic N) is 2. The Balaban J connectivity index is 1.88. The van der Waals surface area contributed by atoms with Crippen molar-refractivity contribution in [2.75, 3.05) is 18.1 Å². The predicted molar refractivity (Wildman–Crippen MR) is 90.2 cm³/mol. The molecule has 7 nitrogen and oxygen atoms in total. The number of nitrogens with one attached hydrogen (secondary N) is 1. The number of aromatic amines is 1. The summed E-state index contributed by atoms with van der Waals surface area (Å²) in [6, 6.07) is 9.86. The van der Waals surface area contributed by atoms with Crippen LogP contribution in [-0.4, -0.2) is 53.1 Å². The van der Waals surface area contributed by atoms with Crippen LogP contribution in [0.4, 0.5) is 0 Å². The monoisotopic (exact) mass is 349 g/mol. The summed E-state index contributed by atoms with van der Waals surface area (Å²) in [5, 5.41) is 2.82. The topological polar surface area (TPSA) is 92.2 Å². The van der Waals surface area contributed by atoms with Gasteiger partial charge >= 0.3 is 0 Å². The van der Waals surface area contributed by atoms with E-state index in [1.54, 1.807) is 31.2 Å². The van der Waals surface area contributed by atoms with Crippen LogP contribution in [0.25, 0.3) is 5.69 Å². The number of aromatic nitrogens is 2. The van der Waals surface area contributed by atoms with E-state index >= 15 is 0 Å². The van der Waals surface area contributed by atoms with Gasteiger partial charge in [-0.3, -0.25) is 14.7 Å². The van der Waals surface area contributed by atoms with Gasteiger partial charge in [-0.1, -0.05) is 18.2 Å². The van der Waals surface area contributed by atoms with Gasteiger partial charge in [-0.15, -0.1) is 0 Å². The van der Waals surface area contributed by atoms with Crippen molar-refractivity contribution >= 4 is 15.7 Å². The molecular weight excluding hydrogens is 330 g/mol. The zero-order valence-corrected chi connectivity index (χ0v) is 14.1. The second-order valence-electron chi connectivity index (χ2n) is 5.83. The van der Waals surface area contributed by atoms with Gasteiger partial charge in [0.1, 0.15) is 5.69 Å². The molecule has 2 heterocycles. The van der Waals surface area contributed by atoms with E-state index in [1.807, 2.05) is 6.07 Å². The van der Waals surface area contributed by atoms with Gasteiger partial charge in [-0.05, 0) is 25.5 Å². The van der Waals surface area contributed by atoms with Crippen molar-refractivity contribution in [3.05, 3.63) is 52.4 Å². The maximum atomic E-state index is 12.7. The van der Waals surface area contributed by atoms with Gasteiger partial charge in [0.05, 0.1) is 17.2 Å². The molecule has 2 aromatic rings. The van der Waals surface area contributed by atoms with Gasteiger partial charge in [0.15, 0.2) is 9.84 Å². The quantitative estimate of drug-likeness (QED) is 0.884. The highest BCUT2D eigenvalue weighted by Crippen LogP contribution is 2.19. The summed E-state index contributed by atoms with van der Waals surface area (Å²) in [6.45, 7) is 2.19. The number of sulfone groups is 1. The Hall–Kier alpha value is -2.35. The number of carbonyl (C=O) groups is 1. The lowest BCUT2D eigenvalue weighted by Crippen LogP contribution is -2.41. The first kappa shape index (κ1) is 16.5. The molecule has 1 aromatic carbocycles.